The highest BCUT2D eigenvalue weighted by atomic mass is 16.1. The van der Waals surface area contributed by atoms with Crippen LogP contribution >= 0.6 is 0 Å². The molecule has 0 amide bonds. The fraction of sp³-hybridized carbons (Fsp3) is 0.450. The smallest absolute Gasteiger partial charge is 0.278 e. The largest absolute Gasteiger partial charge is 0.376 e. The lowest BCUT2D eigenvalue weighted by molar-refractivity contribution is 0.683. The zero-order valence-electron chi connectivity index (χ0n) is 16.7. The first-order valence-electron chi connectivity index (χ1n) is 9.03. The standard InChI is InChI=1S/C20H27N5O/c1-8-24-19(17-13(4)9-15(11-21-17)23(6)7)22-25-14(5)10-16(12(2)3)18(25)20(24)26/h9-12H,8H2,1-7H3. The maximum absolute atomic E-state index is 13.2. The molecule has 3 rings (SSSR count). The van der Waals surface area contributed by atoms with E-state index in [0.717, 1.165) is 28.2 Å². The number of aryl methyl sites for hydroxylation is 2. The van der Waals surface area contributed by atoms with E-state index < -0.39 is 0 Å². The minimum Gasteiger partial charge on any atom is -0.376 e. The maximum Gasteiger partial charge on any atom is 0.278 e. The van der Waals surface area contributed by atoms with Gasteiger partial charge < -0.3 is 4.90 Å². The van der Waals surface area contributed by atoms with Crippen molar-refractivity contribution >= 4 is 11.2 Å². The summed E-state index contributed by atoms with van der Waals surface area (Å²) in [5, 5.41) is 4.82. The van der Waals surface area contributed by atoms with Crippen molar-refractivity contribution in [1.82, 2.24) is 19.2 Å². The molecule has 3 heterocycles. The molecule has 0 spiro atoms. The summed E-state index contributed by atoms with van der Waals surface area (Å²) < 4.78 is 3.51. The van der Waals surface area contributed by atoms with Gasteiger partial charge in [0.05, 0.1) is 11.9 Å². The summed E-state index contributed by atoms with van der Waals surface area (Å²) in [6.07, 6.45) is 1.82. The Hall–Kier alpha value is -2.63. The lowest BCUT2D eigenvalue weighted by atomic mass is 10.1. The number of hydrogen-bond acceptors (Lipinski definition) is 4. The van der Waals surface area contributed by atoms with Crippen LogP contribution in [0.5, 0.6) is 0 Å². The van der Waals surface area contributed by atoms with E-state index in [1.165, 1.54) is 0 Å². The Balaban J connectivity index is 2.34. The first-order valence-corrected chi connectivity index (χ1v) is 9.03. The third-order valence-electron chi connectivity index (χ3n) is 4.81. The minimum absolute atomic E-state index is 0.00724. The monoisotopic (exact) mass is 353 g/mol. The van der Waals surface area contributed by atoms with Crippen LogP contribution < -0.4 is 10.5 Å². The van der Waals surface area contributed by atoms with Gasteiger partial charge in [-0.1, -0.05) is 13.8 Å². The zero-order valence-corrected chi connectivity index (χ0v) is 16.7. The molecule has 0 atom stereocenters. The summed E-state index contributed by atoms with van der Waals surface area (Å²) in [5.74, 6) is 0.880. The van der Waals surface area contributed by atoms with Crippen molar-refractivity contribution in [3.05, 3.63) is 45.5 Å². The number of nitrogens with zero attached hydrogens (tertiary/aromatic N) is 5. The second kappa shape index (κ2) is 6.59. The van der Waals surface area contributed by atoms with E-state index in [0.29, 0.717) is 17.9 Å². The second-order valence-electron chi connectivity index (χ2n) is 7.28. The van der Waals surface area contributed by atoms with E-state index in [-0.39, 0.29) is 11.5 Å². The molecule has 138 valence electrons. The van der Waals surface area contributed by atoms with Gasteiger partial charge in [-0.3, -0.25) is 14.3 Å². The SMILES string of the molecule is CCn1c(-c2ncc(N(C)C)cc2C)nn2c(C)cc(C(C)C)c2c1=O. The molecule has 0 aliphatic heterocycles. The van der Waals surface area contributed by atoms with Crippen molar-refractivity contribution in [2.24, 2.45) is 0 Å². The lowest BCUT2D eigenvalue weighted by Gasteiger charge is -2.16. The fourth-order valence-corrected chi connectivity index (χ4v) is 3.32. The number of aromatic nitrogens is 4. The van der Waals surface area contributed by atoms with Crippen molar-refractivity contribution in [3.8, 4) is 11.5 Å². The van der Waals surface area contributed by atoms with Gasteiger partial charge in [-0.15, -0.1) is 5.10 Å². The van der Waals surface area contributed by atoms with Crippen LogP contribution in [0.2, 0.25) is 0 Å². The molecule has 0 fully saturated rings. The van der Waals surface area contributed by atoms with Crippen molar-refractivity contribution < 1.29 is 0 Å². The molecule has 26 heavy (non-hydrogen) atoms. The summed E-state index contributed by atoms with van der Waals surface area (Å²) in [6.45, 7) is 10.7. The van der Waals surface area contributed by atoms with Crippen LogP contribution in [-0.4, -0.2) is 33.3 Å². The molecular formula is C20H27N5O. The lowest BCUT2D eigenvalue weighted by Crippen LogP contribution is -2.26. The van der Waals surface area contributed by atoms with E-state index in [1.807, 2.05) is 46.0 Å². The molecule has 0 radical (unpaired) electrons. The fourth-order valence-electron chi connectivity index (χ4n) is 3.32. The van der Waals surface area contributed by atoms with E-state index in [4.69, 9.17) is 5.10 Å². The van der Waals surface area contributed by atoms with E-state index in [1.54, 1.807) is 9.08 Å². The Morgan fingerprint density at radius 3 is 2.42 bits per heavy atom. The van der Waals surface area contributed by atoms with Crippen LogP contribution in [-0.2, 0) is 6.54 Å². The van der Waals surface area contributed by atoms with Crippen molar-refractivity contribution in [2.45, 2.75) is 47.1 Å². The van der Waals surface area contributed by atoms with Crippen molar-refractivity contribution in [3.63, 3.8) is 0 Å². The molecule has 0 N–H and O–H groups in total. The molecule has 0 aromatic carbocycles. The maximum atomic E-state index is 13.2. The number of pyridine rings is 1. The second-order valence-corrected chi connectivity index (χ2v) is 7.28. The highest BCUT2D eigenvalue weighted by molar-refractivity contribution is 5.63. The van der Waals surface area contributed by atoms with Gasteiger partial charge in [-0.05, 0) is 49.9 Å². The third-order valence-corrected chi connectivity index (χ3v) is 4.81. The van der Waals surface area contributed by atoms with Gasteiger partial charge in [0.15, 0.2) is 5.82 Å². The highest BCUT2D eigenvalue weighted by Gasteiger charge is 2.20. The Morgan fingerprint density at radius 1 is 1.19 bits per heavy atom. The van der Waals surface area contributed by atoms with Crippen LogP contribution in [0, 0.1) is 13.8 Å². The van der Waals surface area contributed by atoms with Gasteiger partial charge >= 0.3 is 0 Å². The Kier molecular flexibility index (Phi) is 4.61. The molecule has 0 aliphatic rings. The number of fused-ring (bicyclic) bond motifs is 1. The average Bonchev–Trinajstić information content (AvgIpc) is 2.92. The third kappa shape index (κ3) is 2.79. The summed E-state index contributed by atoms with van der Waals surface area (Å²) in [4.78, 5) is 19.9. The molecule has 6 heteroatoms. The Labute approximate surface area is 154 Å². The summed E-state index contributed by atoms with van der Waals surface area (Å²) in [7, 11) is 3.97. The van der Waals surface area contributed by atoms with Crippen molar-refractivity contribution in [1.29, 1.82) is 0 Å². The molecular weight excluding hydrogens is 326 g/mol. The molecule has 0 unspecified atom stereocenters. The molecule has 0 saturated carbocycles. The topological polar surface area (TPSA) is 55.4 Å². The van der Waals surface area contributed by atoms with E-state index in [2.05, 4.69) is 31.0 Å². The van der Waals surface area contributed by atoms with Gasteiger partial charge in [0.2, 0.25) is 0 Å². The van der Waals surface area contributed by atoms with Crippen molar-refractivity contribution in [2.75, 3.05) is 19.0 Å². The molecule has 3 aromatic heterocycles. The minimum atomic E-state index is -0.00724. The zero-order chi connectivity index (χ0) is 19.2. The molecule has 3 aromatic rings. The molecule has 0 bridgehead atoms. The van der Waals surface area contributed by atoms with Crippen LogP contribution in [0.3, 0.4) is 0 Å². The summed E-state index contributed by atoms with van der Waals surface area (Å²) in [5.41, 5.74) is 5.44. The van der Waals surface area contributed by atoms with Crippen LogP contribution in [0.15, 0.2) is 23.1 Å². The average molecular weight is 353 g/mol. The molecule has 6 nitrogen and oxygen atoms in total. The predicted molar refractivity (Wildman–Crippen MR) is 106 cm³/mol. The molecule has 0 saturated heterocycles. The van der Waals surface area contributed by atoms with Crippen LogP contribution in [0.25, 0.3) is 17.0 Å². The van der Waals surface area contributed by atoms with Gasteiger partial charge in [0, 0.05) is 26.3 Å². The summed E-state index contributed by atoms with van der Waals surface area (Å²) >= 11 is 0. The Bertz CT molecular complexity index is 1030. The Morgan fingerprint density at radius 2 is 1.88 bits per heavy atom. The molecule has 0 aliphatic carbocycles. The van der Waals surface area contributed by atoms with E-state index >= 15 is 0 Å². The van der Waals surface area contributed by atoms with Crippen LogP contribution in [0.4, 0.5) is 5.69 Å². The van der Waals surface area contributed by atoms with E-state index in [9.17, 15) is 4.79 Å². The van der Waals surface area contributed by atoms with Gasteiger partial charge in [-0.2, -0.15) is 0 Å². The number of hydrogen-bond donors (Lipinski definition) is 0. The van der Waals surface area contributed by atoms with Gasteiger partial charge in [0.25, 0.3) is 5.56 Å². The normalized spacial score (nSPS) is 11.5. The summed E-state index contributed by atoms with van der Waals surface area (Å²) in [6, 6.07) is 4.13. The highest BCUT2D eigenvalue weighted by Crippen LogP contribution is 2.25. The van der Waals surface area contributed by atoms with Gasteiger partial charge in [0.1, 0.15) is 11.2 Å². The quantitative estimate of drug-likeness (QED) is 0.721. The first-order chi connectivity index (χ1) is 12.3. The predicted octanol–water partition coefficient (Wildman–Crippen LogP) is 3.38. The van der Waals surface area contributed by atoms with Crippen LogP contribution in [0.1, 0.15) is 43.5 Å². The number of rotatable bonds is 4. The van der Waals surface area contributed by atoms with Gasteiger partial charge in [-0.25, -0.2) is 4.52 Å². The first kappa shape index (κ1) is 18.2. The number of anilines is 1.